The fraction of sp³-hybridized carbons (Fsp3) is 0.481. The minimum Gasteiger partial charge on any atom is -0.481 e. The average Bonchev–Trinajstić information content (AvgIpc) is 3.62. The first-order chi connectivity index (χ1) is 15.3. The van der Waals surface area contributed by atoms with Crippen LogP contribution in [0.5, 0.6) is 5.75 Å². The average molecular weight is 435 g/mol. The molecule has 1 N–H and O–H groups in total. The van der Waals surface area contributed by atoms with Crippen molar-refractivity contribution in [3.63, 3.8) is 0 Å². The standard InChI is InChI=1S/C27H34N2O3/c1-17(2)16-28-26(30)19(4)32-23-12-11-20-13-14-29(27(31)22-9-10-22)25(24(20)15-23)21-7-5-18(3)6-8-21/h5-8,11-12,15,17,19,22,25H,9-10,13-14,16H2,1-4H3,(H,28,30). The number of nitrogens with zero attached hydrogens (tertiary/aromatic N) is 1. The summed E-state index contributed by atoms with van der Waals surface area (Å²) >= 11 is 0. The lowest BCUT2D eigenvalue weighted by molar-refractivity contribution is -0.134. The molecule has 0 bridgehead atoms. The van der Waals surface area contributed by atoms with E-state index in [0.717, 1.165) is 36.9 Å². The second-order valence-corrected chi connectivity index (χ2v) is 9.63. The van der Waals surface area contributed by atoms with Gasteiger partial charge in [-0.15, -0.1) is 0 Å². The number of hydrogen-bond donors (Lipinski definition) is 1. The number of carbonyl (C=O) groups excluding carboxylic acids is 2. The number of nitrogens with one attached hydrogen (secondary N) is 1. The third-order valence-corrected chi connectivity index (χ3v) is 6.32. The molecule has 2 aliphatic rings. The smallest absolute Gasteiger partial charge is 0.260 e. The third kappa shape index (κ3) is 4.98. The van der Waals surface area contributed by atoms with Crippen LogP contribution in [0, 0.1) is 18.8 Å². The molecule has 1 aliphatic heterocycles. The van der Waals surface area contributed by atoms with Crippen molar-refractivity contribution in [1.29, 1.82) is 0 Å². The zero-order chi connectivity index (χ0) is 22.8. The summed E-state index contributed by atoms with van der Waals surface area (Å²) in [6, 6.07) is 14.4. The number of ether oxygens (including phenoxy) is 1. The van der Waals surface area contributed by atoms with Crippen LogP contribution >= 0.6 is 0 Å². The molecule has 1 heterocycles. The molecular weight excluding hydrogens is 400 g/mol. The SMILES string of the molecule is Cc1ccc(C2c3cc(OC(C)C(=O)NCC(C)C)ccc3CCN2C(=O)C2CC2)cc1. The van der Waals surface area contributed by atoms with E-state index in [1.165, 1.54) is 11.1 Å². The van der Waals surface area contributed by atoms with Crippen molar-refractivity contribution < 1.29 is 14.3 Å². The molecule has 5 heteroatoms. The van der Waals surface area contributed by atoms with Gasteiger partial charge in [-0.3, -0.25) is 9.59 Å². The number of amides is 2. The van der Waals surface area contributed by atoms with Crippen LogP contribution in [0.4, 0.5) is 0 Å². The monoisotopic (exact) mass is 434 g/mol. The van der Waals surface area contributed by atoms with E-state index in [-0.39, 0.29) is 23.8 Å². The van der Waals surface area contributed by atoms with E-state index in [2.05, 4.69) is 56.4 Å². The van der Waals surface area contributed by atoms with Gasteiger partial charge in [-0.25, -0.2) is 0 Å². The molecule has 4 rings (SSSR count). The molecular formula is C27H34N2O3. The number of fused-ring (bicyclic) bond motifs is 1. The highest BCUT2D eigenvalue weighted by atomic mass is 16.5. The number of benzene rings is 2. The Balaban J connectivity index is 1.62. The van der Waals surface area contributed by atoms with Crippen molar-refractivity contribution in [2.24, 2.45) is 11.8 Å². The summed E-state index contributed by atoms with van der Waals surface area (Å²) in [4.78, 5) is 27.6. The summed E-state index contributed by atoms with van der Waals surface area (Å²) in [6.07, 6.45) is 2.24. The Labute approximate surface area is 191 Å². The predicted octanol–water partition coefficient (Wildman–Crippen LogP) is 4.42. The fourth-order valence-corrected chi connectivity index (χ4v) is 4.28. The normalized spacial score (nSPS) is 18.8. The summed E-state index contributed by atoms with van der Waals surface area (Å²) in [5.74, 6) is 1.37. The molecule has 2 aromatic carbocycles. The Bertz CT molecular complexity index is 979. The van der Waals surface area contributed by atoms with Crippen LogP contribution in [0.2, 0.25) is 0 Å². The first-order valence-electron chi connectivity index (χ1n) is 11.8. The molecule has 0 saturated heterocycles. The van der Waals surface area contributed by atoms with E-state index in [4.69, 9.17) is 4.74 Å². The highest BCUT2D eigenvalue weighted by Gasteiger charge is 2.39. The molecule has 1 fully saturated rings. The highest BCUT2D eigenvalue weighted by molar-refractivity contribution is 5.82. The zero-order valence-electron chi connectivity index (χ0n) is 19.6. The Morgan fingerprint density at radius 1 is 1.09 bits per heavy atom. The van der Waals surface area contributed by atoms with Crippen LogP contribution in [-0.2, 0) is 16.0 Å². The quantitative estimate of drug-likeness (QED) is 0.702. The number of hydrogen-bond acceptors (Lipinski definition) is 3. The van der Waals surface area contributed by atoms with Crippen molar-refractivity contribution in [2.45, 2.75) is 59.1 Å². The molecule has 0 radical (unpaired) electrons. The molecule has 2 atom stereocenters. The summed E-state index contributed by atoms with van der Waals surface area (Å²) in [6.45, 7) is 9.34. The molecule has 0 aromatic heterocycles. The van der Waals surface area contributed by atoms with Crippen LogP contribution in [0.1, 0.15) is 61.9 Å². The molecule has 0 spiro atoms. The summed E-state index contributed by atoms with van der Waals surface area (Å²) in [5, 5.41) is 2.93. The topological polar surface area (TPSA) is 58.6 Å². The van der Waals surface area contributed by atoms with Crippen molar-refractivity contribution in [1.82, 2.24) is 10.2 Å². The van der Waals surface area contributed by atoms with Gasteiger partial charge in [0, 0.05) is 19.0 Å². The molecule has 2 amide bonds. The van der Waals surface area contributed by atoms with Gasteiger partial charge in [0.15, 0.2) is 6.10 Å². The van der Waals surface area contributed by atoms with E-state index in [1.807, 2.05) is 17.0 Å². The van der Waals surface area contributed by atoms with Crippen LogP contribution in [0.25, 0.3) is 0 Å². The third-order valence-electron chi connectivity index (χ3n) is 6.32. The van der Waals surface area contributed by atoms with Gasteiger partial charge in [0.25, 0.3) is 5.91 Å². The Kier molecular flexibility index (Phi) is 6.54. The van der Waals surface area contributed by atoms with Gasteiger partial charge >= 0.3 is 0 Å². The molecule has 1 saturated carbocycles. The van der Waals surface area contributed by atoms with Crippen LogP contribution in [0.15, 0.2) is 42.5 Å². The van der Waals surface area contributed by atoms with Gasteiger partial charge in [0.2, 0.25) is 5.91 Å². The Hall–Kier alpha value is -2.82. The summed E-state index contributed by atoms with van der Waals surface area (Å²) in [7, 11) is 0. The van der Waals surface area contributed by atoms with Crippen LogP contribution < -0.4 is 10.1 Å². The fourth-order valence-electron chi connectivity index (χ4n) is 4.28. The molecule has 2 unspecified atom stereocenters. The minimum absolute atomic E-state index is 0.114. The van der Waals surface area contributed by atoms with Gasteiger partial charge in [-0.05, 0) is 67.9 Å². The summed E-state index contributed by atoms with van der Waals surface area (Å²) < 4.78 is 6.02. The van der Waals surface area contributed by atoms with Gasteiger partial charge in [0.1, 0.15) is 5.75 Å². The van der Waals surface area contributed by atoms with Gasteiger partial charge in [-0.1, -0.05) is 49.7 Å². The van der Waals surface area contributed by atoms with Crippen LogP contribution in [0.3, 0.4) is 0 Å². The van der Waals surface area contributed by atoms with Crippen molar-refractivity contribution in [3.8, 4) is 5.75 Å². The minimum atomic E-state index is -0.586. The summed E-state index contributed by atoms with van der Waals surface area (Å²) in [5.41, 5.74) is 4.65. The molecule has 32 heavy (non-hydrogen) atoms. The number of carbonyl (C=O) groups is 2. The maximum atomic E-state index is 13.1. The molecule has 2 aromatic rings. The zero-order valence-corrected chi connectivity index (χ0v) is 19.6. The lowest BCUT2D eigenvalue weighted by Gasteiger charge is -2.38. The predicted molar refractivity (Wildman–Crippen MR) is 126 cm³/mol. The van der Waals surface area contributed by atoms with Gasteiger partial charge in [0.05, 0.1) is 6.04 Å². The molecule has 1 aliphatic carbocycles. The van der Waals surface area contributed by atoms with Gasteiger partial charge < -0.3 is 15.0 Å². The van der Waals surface area contributed by atoms with Gasteiger partial charge in [-0.2, -0.15) is 0 Å². The van der Waals surface area contributed by atoms with Crippen molar-refractivity contribution >= 4 is 11.8 Å². The first-order valence-corrected chi connectivity index (χ1v) is 11.8. The number of aryl methyl sites for hydroxylation is 1. The first kappa shape index (κ1) is 22.4. The lowest BCUT2D eigenvalue weighted by atomic mass is 9.87. The van der Waals surface area contributed by atoms with E-state index >= 15 is 0 Å². The van der Waals surface area contributed by atoms with Crippen molar-refractivity contribution in [3.05, 3.63) is 64.7 Å². The molecule has 5 nitrogen and oxygen atoms in total. The number of rotatable bonds is 7. The van der Waals surface area contributed by atoms with E-state index in [1.54, 1.807) is 6.92 Å². The second kappa shape index (κ2) is 9.35. The second-order valence-electron chi connectivity index (χ2n) is 9.63. The lowest BCUT2D eigenvalue weighted by Crippen LogP contribution is -2.41. The van der Waals surface area contributed by atoms with E-state index < -0.39 is 6.10 Å². The Morgan fingerprint density at radius 2 is 1.81 bits per heavy atom. The van der Waals surface area contributed by atoms with E-state index in [0.29, 0.717) is 18.2 Å². The molecule has 170 valence electrons. The maximum Gasteiger partial charge on any atom is 0.260 e. The van der Waals surface area contributed by atoms with Crippen LogP contribution in [-0.4, -0.2) is 35.9 Å². The van der Waals surface area contributed by atoms with E-state index in [9.17, 15) is 9.59 Å². The Morgan fingerprint density at radius 3 is 2.47 bits per heavy atom. The maximum absolute atomic E-state index is 13.1. The van der Waals surface area contributed by atoms with Crippen molar-refractivity contribution in [2.75, 3.05) is 13.1 Å². The largest absolute Gasteiger partial charge is 0.481 e. The highest BCUT2D eigenvalue weighted by Crippen LogP contribution is 2.41.